The van der Waals surface area contributed by atoms with Gasteiger partial charge in [-0.15, -0.1) is 0 Å². The summed E-state index contributed by atoms with van der Waals surface area (Å²) in [7, 11) is 0. The maximum atomic E-state index is 11.3. The molecule has 0 aromatic heterocycles. The molecule has 0 aromatic carbocycles. The van der Waals surface area contributed by atoms with Crippen LogP contribution in [0.1, 0.15) is 32.1 Å². The minimum absolute atomic E-state index is 0.106. The number of fused-ring (bicyclic) bond motifs is 2. The van der Waals surface area contributed by atoms with Crippen molar-refractivity contribution in [2.75, 3.05) is 0 Å². The van der Waals surface area contributed by atoms with Gasteiger partial charge in [0, 0.05) is 0 Å². The van der Waals surface area contributed by atoms with E-state index in [0.29, 0.717) is 5.92 Å². The van der Waals surface area contributed by atoms with Crippen molar-refractivity contribution in [2.24, 2.45) is 17.1 Å². The van der Waals surface area contributed by atoms with Crippen molar-refractivity contribution in [1.29, 1.82) is 0 Å². The number of rotatable bonds is 1. The average molecular weight is 165 g/mol. The van der Waals surface area contributed by atoms with Crippen molar-refractivity contribution in [3.8, 4) is 0 Å². The lowest BCUT2D eigenvalue weighted by atomic mass is 9.73. The number of amides is 1. The predicted molar refractivity (Wildman–Crippen MR) is 47.3 cm³/mol. The lowest BCUT2D eigenvalue weighted by molar-refractivity contribution is -0.127. The Labute approximate surface area is 72.8 Å². The molecule has 0 saturated heterocycles. The Morgan fingerprint density at radius 3 is 3.08 bits per heavy atom. The normalized spacial score (nSPS) is 40.0. The Bertz CT molecular complexity index is 246. The molecule has 2 saturated carbocycles. The second-order valence-corrected chi connectivity index (χ2v) is 4.38. The molecule has 2 heteroatoms. The van der Waals surface area contributed by atoms with E-state index in [1.165, 1.54) is 12.0 Å². The minimum Gasteiger partial charge on any atom is -0.369 e. The van der Waals surface area contributed by atoms with Crippen LogP contribution in [0, 0.1) is 11.3 Å². The first-order valence-electron chi connectivity index (χ1n) is 4.59. The summed E-state index contributed by atoms with van der Waals surface area (Å²) in [5, 5.41) is 0. The zero-order valence-electron chi connectivity index (χ0n) is 7.31. The predicted octanol–water partition coefficient (Wildman–Crippen LogP) is 1.61. The van der Waals surface area contributed by atoms with Gasteiger partial charge in [0.05, 0.1) is 5.41 Å². The van der Waals surface area contributed by atoms with Gasteiger partial charge in [0.2, 0.25) is 5.91 Å². The zero-order valence-corrected chi connectivity index (χ0v) is 7.31. The number of hydrogen-bond acceptors (Lipinski definition) is 1. The number of carbonyl (C=O) groups is 1. The van der Waals surface area contributed by atoms with Crippen LogP contribution < -0.4 is 5.73 Å². The Kier molecular flexibility index (Phi) is 1.53. The summed E-state index contributed by atoms with van der Waals surface area (Å²) in [6.07, 6.45) is 5.14. The number of primary amides is 1. The molecule has 2 N–H and O–H groups in total. The molecule has 2 nitrogen and oxygen atoms in total. The number of nitrogens with two attached hydrogens (primary N) is 1. The van der Waals surface area contributed by atoms with Crippen molar-refractivity contribution in [2.45, 2.75) is 32.1 Å². The van der Waals surface area contributed by atoms with E-state index in [2.05, 4.69) is 6.58 Å². The molecule has 2 atom stereocenters. The summed E-state index contributed by atoms with van der Waals surface area (Å²) in [6, 6.07) is 0. The maximum Gasteiger partial charge on any atom is 0.223 e. The van der Waals surface area contributed by atoms with Crippen molar-refractivity contribution in [3.63, 3.8) is 0 Å². The number of hydrogen-bond donors (Lipinski definition) is 1. The van der Waals surface area contributed by atoms with Gasteiger partial charge in [0.15, 0.2) is 0 Å². The van der Waals surface area contributed by atoms with Gasteiger partial charge in [0.1, 0.15) is 0 Å². The van der Waals surface area contributed by atoms with Crippen LogP contribution in [0.4, 0.5) is 0 Å². The Morgan fingerprint density at radius 1 is 1.67 bits per heavy atom. The van der Waals surface area contributed by atoms with Gasteiger partial charge < -0.3 is 5.73 Å². The Hall–Kier alpha value is -0.790. The zero-order chi connectivity index (χ0) is 8.77. The Morgan fingerprint density at radius 2 is 2.42 bits per heavy atom. The van der Waals surface area contributed by atoms with Gasteiger partial charge in [-0.05, 0) is 38.0 Å². The van der Waals surface area contributed by atoms with Gasteiger partial charge in [-0.2, -0.15) is 0 Å². The largest absolute Gasteiger partial charge is 0.369 e. The van der Waals surface area contributed by atoms with Crippen LogP contribution in [-0.4, -0.2) is 5.91 Å². The molecule has 0 spiro atoms. The van der Waals surface area contributed by atoms with Crippen molar-refractivity contribution < 1.29 is 4.79 Å². The summed E-state index contributed by atoms with van der Waals surface area (Å²) in [5.41, 5.74) is 6.45. The van der Waals surface area contributed by atoms with Crippen LogP contribution >= 0.6 is 0 Å². The molecule has 12 heavy (non-hydrogen) atoms. The number of allylic oxidation sites excluding steroid dienone is 1. The van der Waals surface area contributed by atoms with E-state index >= 15 is 0 Å². The fraction of sp³-hybridized carbons (Fsp3) is 0.700. The summed E-state index contributed by atoms with van der Waals surface area (Å²) in [4.78, 5) is 11.3. The number of carbonyl (C=O) groups excluding carboxylic acids is 1. The molecule has 2 aliphatic carbocycles. The smallest absolute Gasteiger partial charge is 0.223 e. The van der Waals surface area contributed by atoms with Gasteiger partial charge in [0.25, 0.3) is 0 Å². The SMILES string of the molecule is C=C1CC2CCC(C(N)=O)(C1)C2. The monoisotopic (exact) mass is 165 g/mol. The second-order valence-electron chi connectivity index (χ2n) is 4.38. The Balaban J connectivity index is 2.27. The van der Waals surface area contributed by atoms with Crippen molar-refractivity contribution in [1.82, 2.24) is 0 Å². The van der Waals surface area contributed by atoms with E-state index in [1.807, 2.05) is 0 Å². The van der Waals surface area contributed by atoms with Gasteiger partial charge in [-0.1, -0.05) is 12.2 Å². The van der Waals surface area contributed by atoms with Gasteiger partial charge >= 0.3 is 0 Å². The maximum absolute atomic E-state index is 11.3. The first kappa shape index (κ1) is 7.84. The lowest BCUT2D eigenvalue weighted by Gasteiger charge is -2.31. The van der Waals surface area contributed by atoms with Crippen molar-refractivity contribution >= 4 is 5.91 Å². The van der Waals surface area contributed by atoms with Gasteiger partial charge in [-0.3, -0.25) is 4.79 Å². The first-order valence-corrected chi connectivity index (χ1v) is 4.59. The van der Waals surface area contributed by atoms with Crippen LogP contribution in [0.2, 0.25) is 0 Å². The summed E-state index contributed by atoms with van der Waals surface area (Å²) in [5.74, 6) is 0.588. The molecule has 66 valence electrons. The van der Waals surface area contributed by atoms with Crippen LogP contribution in [0.15, 0.2) is 12.2 Å². The highest BCUT2D eigenvalue weighted by Gasteiger charge is 2.47. The van der Waals surface area contributed by atoms with E-state index in [1.54, 1.807) is 0 Å². The molecular formula is C10H15NO. The highest BCUT2D eigenvalue weighted by atomic mass is 16.1. The van der Waals surface area contributed by atoms with Crippen LogP contribution in [0.25, 0.3) is 0 Å². The highest BCUT2D eigenvalue weighted by Crippen LogP contribution is 2.52. The fourth-order valence-corrected chi connectivity index (χ4v) is 2.84. The molecule has 2 aliphatic rings. The van der Waals surface area contributed by atoms with Crippen molar-refractivity contribution in [3.05, 3.63) is 12.2 Å². The van der Waals surface area contributed by atoms with Crippen LogP contribution in [0.5, 0.6) is 0 Å². The van der Waals surface area contributed by atoms with E-state index in [0.717, 1.165) is 25.7 Å². The van der Waals surface area contributed by atoms with E-state index in [9.17, 15) is 4.79 Å². The van der Waals surface area contributed by atoms with E-state index in [4.69, 9.17) is 5.73 Å². The molecule has 0 aliphatic heterocycles. The molecule has 0 radical (unpaired) electrons. The topological polar surface area (TPSA) is 43.1 Å². The quantitative estimate of drug-likeness (QED) is 0.589. The molecular weight excluding hydrogens is 150 g/mol. The third-order valence-corrected chi connectivity index (χ3v) is 3.40. The fourth-order valence-electron chi connectivity index (χ4n) is 2.84. The van der Waals surface area contributed by atoms with Gasteiger partial charge in [-0.25, -0.2) is 0 Å². The molecule has 0 heterocycles. The van der Waals surface area contributed by atoms with Crippen LogP contribution in [0.3, 0.4) is 0 Å². The highest BCUT2D eigenvalue weighted by molar-refractivity contribution is 5.81. The lowest BCUT2D eigenvalue weighted by Crippen LogP contribution is -2.37. The molecule has 1 amide bonds. The molecule has 2 fully saturated rings. The third kappa shape index (κ3) is 0.977. The summed E-state index contributed by atoms with van der Waals surface area (Å²) >= 11 is 0. The summed E-state index contributed by atoms with van der Waals surface area (Å²) < 4.78 is 0. The molecule has 0 aromatic rings. The first-order chi connectivity index (χ1) is 5.62. The molecule has 2 bridgehead atoms. The second kappa shape index (κ2) is 2.35. The third-order valence-electron chi connectivity index (χ3n) is 3.40. The molecule has 2 rings (SSSR count). The molecule has 2 unspecified atom stereocenters. The van der Waals surface area contributed by atoms with E-state index in [-0.39, 0.29) is 11.3 Å². The van der Waals surface area contributed by atoms with E-state index < -0.39 is 0 Å². The average Bonchev–Trinajstić information content (AvgIpc) is 2.28. The standard InChI is InChI=1S/C10H15NO/c1-7-4-8-2-3-10(5-7,6-8)9(11)12/h8H,1-6H2,(H2,11,12). The minimum atomic E-state index is -0.194. The summed E-state index contributed by atoms with van der Waals surface area (Å²) in [6.45, 7) is 3.97. The van der Waals surface area contributed by atoms with Crippen LogP contribution in [-0.2, 0) is 4.79 Å².